The topological polar surface area (TPSA) is 53.1 Å². The molecule has 0 spiro atoms. The summed E-state index contributed by atoms with van der Waals surface area (Å²) in [5.41, 5.74) is 5.73. The Hall–Kier alpha value is -1.95. The van der Waals surface area contributed by atoms with Gasteiger partial charge in [-0.2, -0.15) is 0 Å². The number of nitrogens with zero attached hydrogens (tertiary/aromatic N) is 2. The molecule has 2 N–H and O–H groups in total. The van der Waals surface area contributed by atoms with Crippen molar-refractivity contribution in [3.8, 4) is 5.75 Å². The quantitative estimate of drug-likeness (QED) is 0.901. The van der Waals surface area contributed by atoms with E-state index >= 15 is 0 Å². The Labute approximate surface area is 109 Å². The van der Waals surface area contributed by atoms with Crippen LogP contribution in [0.1, 0.15) is 11.4 Å². The monoisotopic (exact) mass is 267 g/mol. The molecule has 1 aromatic carbocycles. The molecule has 0 radical (unpaired) electrons. The van der Waals surface area contributed by atoms with Crippen LogP contribution in [0.15, 0.2) is 24.5 Å². The summed E-state index contributed by atoms with van der Waals surface area (Å²) < 4.78 is 34.2. The zero-order chi connectivity index (χ0) is 13.8. The van der Waals surface area contributed by atoms with Gasteiger partial charge in [0, 0.05) is 18.9 Å². The van der Waals surface area contributed by atoms with E-state index in [1.807, 2.05) is 11.5 Å². The molecule has 19 heavy (non-hydrogen) atoms. The van der Waals surface area contributed by atoms with Crippen LogP contribution in [0.2, 0.25) is 0 Å². The first kappa shape index (κ1) is 13.5. The molecule has 0 saturated heterocycles. The van der Waals surface area contributed by atoms with Gasteiger partial charge in [-0.15, -0.1) is 0 Å². The van der Waals surface area contributed by atoms with Crippen LogP contribution in [0.5, 0.6) is 5.75 Å². The molecule has 0 aliphatic rings. The van der Waals surface area contributed by atoms with Crippen molar-refractivity contribution in [3.05, 3.63) is 47.5 Å². The van der Waals surface area contributed by atoms with Crippen molar-refractivity contribution in [1.29, 1.82) is 0 Å². The van der Waals surface area contributed by atoms with Gasteiger partial charge < -0.3 is 15.0 Å². The first-order valence-electron chi connectivity index (χ1n) is 5.90. The molecule has 1 heterocycles. The normalized spacial score (nSPS) is 10.7. The molecular weight excluding hydrogens is 252 g/mol. The zero-order valence-electron chi connectivity index (χ0n) is 10.6. The lowest BCUT2D eigenvalue weighted by atomic mass is 10.2. The van der Waals surface area contributed by atoms with Gasteiger partial charge in [0.05, 0.1) is 6.54 Å². The summed E-state index contributed by atoms with van der Waals surface area (Å²) in [4.78, 5) is 4.05. The van der Waals surface area contributed by atoms with Gasteiger partial charge in [-0.1, -0.05) is 0 Å². The number of halogens is 2. The summed E-state index contributed by atoms with van der Waals surface area (Å²) in [6, 6.07) is 2.36. The summed E-state index contributed by atoms with van der Waals surface area (Å²) >= 11 is 0. The summed E-state index contributed by atoms with van der Waals surface area (Å²) in [6.45, 7) is 2.57. The number of hydrogen-bond donors (Lipinski definition) is 1. The Balaban J connectivity index is 2.02. The van der Waals surface area contributed by atoms with E-state index in [1.165, 1.54) is 12.1 Å². The minimum Gasteiger partial charge on any atom is -0.486 e. The minimum absolute atomic E-state index is 0.0857. The molecule has 0 unspecified atom stereocenters. The number of benzene rings is 1. The average molecular weight is 267 g/mol. The highest BCUT2D eigenvalue weighted by Gasteiger charge is 2.12. The van der Waals surface area contributed by atoms with Crippen molar-refractivity contribution >= 4 is 0 Å². The number of rotatable bonds is 5. The van der Waals surface area contributed by atoms with Crippen LogP contribution in [0, 0.1) is 18.6 Å². The summed E-state index contributed by atoms with van der Waals surface area (Å²) in [5.74, 6) is -1.01. The van der Waals surface area contributed by atoms with Crippen LogP contribution in [0.25, 0.3) is 0 Å². The molecule has 102 valence electrons. The van der Waals surface area contributed by atoms with Gasteiger partial charge in [0.1, 0.15) is 12.4 Å². The summed E-state index contributed by atoms with van der Waals surface area (Å²) in [7, 11) is 0. The van der Waals surface area contributed by atoms with Crippen LogP contribution < -0.4 is 10.5 Å². The van der Waals surface area contributed by atoms with Gasteiger partial charge in [-0.3, -0.25) is 0 Å². The second-order valence-corrected chi connectivity index (χ2v) is 4.11. The van der Waals surface area contributed by atoms with Crippen LogP contribution in [0.4, 0.5) is 8.78 Å². The molecule has 0 atom stereocenters. The molecule has 0 amide bonds. The number of hydrogen-bond acceptors (Lipinski definition) is 3. The molecule has 0 aliphatic carbocycles. The van der Waals surface area contributed by atoms with E-state index in [0.29, 0.717) is 12.1 Å². The third-order valence-electron chi connectivity index (χ3n) is 2.80. The number of aromatic nitrogens is 2. The van der Waals surface area contributed by atoms with E-state index in [-0.39, 0.29) is 18.9 Å². The molecule has 1 aromatic heterocycles. The third kappa shape index (κ3) is 3.08. The van der Waals surface area contributed by atoms with E-state index in [2.05, 4.69) is 4.98 Å². The Kier molecular flexibility index (Phi) is 4.11. The lowest BCUT2D eigenvalue weighted by molar-refractivity contribution is 0.268. The number of ether oxygens (including phenoxy) is 1. The van der Waals surface area contributed by atoms with Crippen LogP contribution in [-0.4, -0.2) is 16.2 Å². The lowest BCUT2D eigenvalue weighted by Gasteiger charge is -2.10. The lowest BCUT2D eigenvalue weighted by Crippen LogP contribution is -2.11. The molecule has 0 fully saturated rings. The summed E-state index contributed by atoms with van der Waals surface area (Å²) in [5, 5.41) is 0. The van der Waals surface area contributed by atoms with Crippen molar-refractivity contribution in [2.45, 2.75) is 20.0 Å². The first-order chi connectivity index (χ1) is 9.11. The van der Waals surface area contributed by atoms with Crippen molar-refractivity contribution in [2.24, 2.45) is 5.73 Å². The van der Waals surface area contributed by atoms with Gasteiger partial charge >= 0.3 is 0 Å². The number of nitrogens with two attached hydrogens (primary N) is 1. The van der Waals surface area contributed by atoms with Crippen LogP contribution in [-0.2, 0) is 13.1 Å². The fraction of sp³-hybridized carbons (Fsp3) is 0.308. The molecular formula is C13H15F2N3O. The van der Waals surface area contributed by atoms with Crippen molar-refractivity contribution in [3.63, 3.8) is 0 Å². The van der Waals surface area contributed by atoms with Gasteiger partial charge in [0.2, 0.25) is 0 Å². The van der Waals surface area contributed by atoms with E-state index in [4.69, 9.17) is 10.5 Å². The van der Waals surface area contributed by atoms with Gasteiger partial charge in [-0.05, 0) is 24.6 Å². The highest BCUT2D eigenvalue weighted by molar-refractivity contribution is 5.31. The van der Waals surface area contributed by atoms with Crippen LogP contribution in [0.3, 0.4) is 0 Å². The molecule has 0 saturated carbocycles. The highest BCUT2D eigenvalue weighted by atomic mass is 19.1. The van der Waals surface area contributed by atoms with E-state index in [0.717, 1.165) is 5.82 Å². The fourth-order valence-corrected chi connectivity index (χ4v) is 1.75. The van der Waals surface area contributed by atoms with Gasteiger partial charge in [0.25, 0.3) is 0 Å². The van der Waals surface area contributed by atoms with Crippen LogP contribution >= 0.6 is 0 Å². The summed E-state index contributed by atoms with van der Waals surface area (Å²) in [6.07, 6.45) is 3.44. The molecule has 2 rings (SSSR count). The second kappa shape index (κ2) is 5.79. The molecule has 0 bridgehead atoms. The van der Waals surface area contributed by atoms with Crippen molar-refractivity contribution in [2.75, 3.05) is 6.61 Å². The average Bonchev–Trinajstić information content (AvgIpc) is 2.78. The standard InChI is InChI=1S/C13H15F2N3O/c1-9-17-2-3-18(9)4-5-19-13-11(14)6-10(8-16)7-12(13)15/h2-3,6-7H,4-5,8,16H2,1H3. The second-order valence-electron chi connectivity index (χ2n) is 4.11. The Bertz CT molecular complexity index is 546. The fourth-order valence-electron chi connectivity index (χ4n) is 1.75. The first-order valence-corrected chi connectivity index (χ1v) is 5.90. The molecule has 2 aromatic rings. The van der Waals surface area contributed by atoms with E-state index in [1.54, 1.807) is 12.4 Å². The number of imidazole rings is 1. The largest absolute Gasteiger partial charge is 0.486 e. The highest BCUT2D eigenvalue weighted by Crippen LogP contribution is 2.23. The predicted molar refractivity (Wildman–Crippen MR) is 66.7 cm³/mol. The Morgan fingerprint density at radius 3 is 2.53 bits per heavy atom. The minimum atomic E-state index is -0.734. The SMILES string of the molecule is Cc1nccn1CCOc1c(F)cc(CN)cc1F. The maximum absolute atomic E-state index is 13.6. The zero-order valence-corrected chi connectivity index (χ0v) is 10.6. The Morgan fingerprint density at radius 1 is 1.32 bits per heavy atom. The molecule has 4 nitrogen and oxygen atoms in total. The number of aryl methyl sites for hydroxylation is 1. The van der Waals surface area contributed by atoms with Gasteiger partial charge in [0.15, 0.2) is 17.4 Å². The van der Waals surface area contributed by atoms with Crippen molar-refractivity contribution in [1.82, 2.24) is 9.55 Å². The molecule has 0 aliphatic heterocycles. The third-order valence-corrected chi connectivity index (χ3v) is 2.80. The maximum atomic E-state index is 13.6. The Morgan fingerprint density at radius 2 is 2.00 bits per heavy atom. The predicted octanol–water partition coefficient (Wildman–Crippen LogP) is 2.01. The maximum Gasteiger partial charge on any atom is 0.190 e. The van der Waals surface area contributed by atoms with E-state index in [9.17, 15) is 8.78 Å². The van der Waals surface area contributed by atoms with E-state index < -0.39 is 11.6 Å². The van der Waals surface area contributed by atoms with Gasteiger partial charge in [-0.25, -0.2) is 13.8 Å². The molecule has 6 heteroatoms. The smallest absolute Gasteiger partial charge is 0.190 e. The van der Waals surface area contributed by atoms with Crippen molar-refractivity contribution < 1.29 is 13.5 Å².